The molecular weight excluding hydrogens is 285 g/mol. The lowest BCUT2D eigenvalue weighted by Crippen LogP contribution is -1.89. The smallest absolute Gasteiger partial charge is 0.188 e. The number of hydrogen-bond acceptors (Lipinski definition) is 4. The molecule has 0 spiro atoms. The number of aromatic nitrogens is 2. The molecule has 102 valence electrons. The minimum Gasteiger partial charge on any atom is -0.332 e. The Morgan fingerprint density at radius 1 is 1.00 bits per heavy atom. The normalized spacial score (nSPS) is 11.1. The van der Waals surface area contributed by atoms with Crippen molar-refractivity contribution in [2.24, 2.45) is 0 Å². The van der Waals surface area contributed by atoms with Gasteiger partial charge in [-0.3, -0.25) is 4.98 Å². The number of nitrogens with one attached hydrogen (secondary N) is 1. The van der Waals surface area contributed by atoms with Gasteiger partial charge in [0.05, 0.1) is 15.7 Å². The van der Waals surface area contributed by atoms with Crippen molar-refractivity contribution in [2.75, 3.05) is 5.32 Å². The first-order valence-corrected chi connectivity index (χ1v) is 7.27. The summed E-state index contributed by atoms with van der Waals surface area (Å²) in [6.45, 7) is 0. The average Bonchev–Trinajstić information content (AvgIpc) is 2.88. The summed E-state index contributed by atoms with van der Waals surface area (Å²) in [5, 5.41) is 5.08. The summed E-state index contributed by atoms with van der Waals surface area (Å²) in [5.41, 5.74) is 2.56. The van der Waals surface area contributed by atoms with Gasteiger partial charge in [-0.1, -0.05) is 17.4 Å². The van der Waals surface area contributed by atoms with Crippen LogP contribution in [0.3, 0.4) is 0 Å². The Balaban J connectivity index is 1.71. The summed E-state index contributed by atoms with van der Waals surface area (Å²) in [6.07, 6.45) is 1.78. The van der Waals surface area contributed by atoms with Gasteiger partial charge in [0, 0.05) is 23.3 Å². The van der Waals surface area contributed by atoms with Gasteiger partial charge >= 0.3 is 0 Å². The van der Waals surface area contributed by atoms with Gasteiger partial charge in [0.2, 0.25) is 0 Å². The second kappa shape index (κ2) is 4.79. The van der Waals surface area contributed by atoms with Crippen LogP contribution in [0.5, 0.6) is 0 Å². The van der Waals surface area contributed by atoms with Crippen molar-refractivity contribution < 1.29 is 4.39 Å². The fourth-order valence-corrected chi connectivity index (χ4v) is 3.10. The molecule has 0 aliphatic heterocycles. The number of fused-ring (bicyclic) bond motifs is 2. The van der Waals surface area contributed by atoms with Gasteiger partial charge in [-0.15, -0.1) is 0 Å². The fourth-order valence-electron chi connectivity index (χ4n) is 2.23. The molecular formula is C16H10FN3S. The van der Waals surface area contributed by atoms with E-state index in [9.17, 15) is 4.39 Å². The molecule has 2 heterocycles. The molecule has 1 N–H and O–H groups in total. The molecule has 0 amide bonds. The van der Waals surface area contributed by atoms with Crippen LogP contribution in [0.15, 0.2) is 54.7 Å². The zero-order valence-corrected chi connectivity index (χ0v) is 11.7. The molecule has 0 saturated heterocycles. The molecule has 0 fully saturated rings. The van der Waals surface area contributed by atoms with Crippen molar-refractivity contribution in [3.8, 4) is 0 Å². The van der Waals surface area contributed by atoms with Crippen LogP contribution in [0.25, 0.3) is 21.1 Å². The summed E-state index contributed by atoms with van der Waals surface area (Å²) in [5.74, 6) is -0.267. The van der Waals surface area contributed by atoms with E-state index >= 15 is 0 Å². The monoisotopic (exact) mass is 295 g/mol. The Morgan fingerprint density at radius 3 is 2.90 bits per heavy atom. The Labute approximate surface area is 124 Å². The number of thiazole rings is 1. The van der Waals surface area contributed by atoms with Crippen LogP contribution in [0.1, 0.15) is 0 Å². The molecule has 0 unspecified atom stereocenters. The molecule has 4 rings (SSSR count). The maximum atomic E-state index is 13.2. The van der Waals surface area contributed by atoms with Crippen molar-refractivity contribution in [2.45, 2.75) is 0 Å². The summed E-state index contributed by atoms with van der Waals surface area (Å²) >= 11 is 1.50. The maximum Gasteiger partial charge on any atom is 0.188 e. The molecule has 0 atom stereocenters. The summed E-state index contributed by atoms with van der Waals surface area (Å²) in [4.78, 5) is 8.69. The Bertz CT molecular complexity index is 948. The third-order valence-corrected chi connectivity index (χ3v) is 4.16. The van der Waals surface area contributed by atoms with Crippen molar-refractivity contribution in [1.82, 2.24) is 9.97 Å². The third kappa shape index (κ3) is 2.32. The van der Waals surface area contributed by atoms with Crippen molar-refractivity contribution in [3.05, 3.63) is 60.5 Å². The van der Waals surface area contributed by atoms with Crippen LogP contribution < -0.4 is 5.32 Å². The number of nitrogens with zero attached hydrogens (tertiary/aromatic N) is 2. The minimum absolute atomic E-state index is 0.267. The van der Waals surface area contributed by atoms with E-state index in [1.165, 1.54) is 23.5 Å². The van der Waals surface area contributed by atoms with E-state index in [2.05, 4.69) is 15.3 Å². The molecule has 3 nitrogen and oxygen atoms in total. The lowest BCUT2D eigenvalue weighted by molar-refractivity contribution is 0.629. The highest BCUT2D eigenvalue weighted by Gasteiger charge is 2.05. The fraction of sp³-hybridized carbons (Fsp3) is 0. The van der Waals surface area contributed by atoms with Gasteiger partial charge in [-0.05, 0) is 36.4 Å². The predicted molar refractivity (Wildman–Crippen MR) is 84.6 cm³/mol. The number of rotatable bonds is 2. The first kappa shape index (κ1) is 12.2. The Kier molecular flexibility index (Phi) is 2.79. The quantitative estimate of drug-likeness (QED) is 0.581. The molecule has 5 heteroatoms. The molecule has 0 bridgehead atoms. The second-order valence-electron chi connectivity index (χ2n) is 4.67. The highest BCUT2D eigenvalue weighted by atomic mass is 32.1. The van der Waals surface area contributed by atoms with E-state index in [0.29, 0.717) is 5.52 Å². The largest absolute Gasteiger partial charge is 0.332 e. The van der Waals surface area contributed by atoms with Crippen LogP contribution in [-0.4, -0.2) is 9.97 Å². The van der Waals surface area contributed by atoms with Crippen LogP contribution in [-0.2, 0) is 0 Å². The lowest BCUT2D eigenvalue weighted by atomic mass is 10.2. The molecule has 2 aromatic carbocycles. The average molecular weight is 295 g/mol. The topological polar surface area (TPSA) is 37.8 Å². The Hall–Kier alpha value is -2.53. The van der Waals surface area contributed by atoms with Gasteiger partial charge in [0.15, 0.2) is 5.13 Å². The number of pyridine rings is 1. The van der Waals surface area contributed by atoms with Crippen molar-refractivity contribution in [1.29, 1.82) is 0 Å². The maximum absolute atomic E-state index is 13.2. The van der Waals surface area contributed by atoms with Crippen molar-refractivity contribution in [3.63, 3.8) is 0 Å². The summed E-state index contributed by atoms with van der Waals surface area (Å²) < 4.78 is 14.1. The SMILES string of the molecule is Fc1ccc2sc(Nc3ccc4ncccc4c3)nc2c1. The first-order chi connectivity index (χ1) is 10.3. The van der Waals surface area contributed by atoms with E-state index in [4.69, 9.17) is 0 Å². The number of benzene rings is 2. The van der Waals surface area contributed by atoms with E-state index < -0.39 is 0 Å². The van der Waals surface area contributed by atoms with E-state index in [0.717, 1.165) is 26.4 Å². The predicted octanol–water partition coefficient (Wildman–Crippen LogP) is 4.73. The second-order valence-corrected chi connectivity index (χ2v) is 5.70. The molecule has 2 aromatic heterocycles. The van der Waals surface area contributed by atoms with Gasteiger partial charge in [-0.2, -0.15) is 0 Å². The van der Waals surface area contributed by atoms with E-state index in [1.807, 2.05) is 30.3 Å². The van der Waals surface area contributed by atoms with E-state index in [-0.39, 0.29) is 5.82 Å². The zero-order valence-electron chi connectivity index (χ0n) is 10.9. The third-order valence-electron chi connectivity index (χ3n) is 3.20. The molecule has 0 aliphatic carbocycles. The van der Waals surface area contributed by atoms with Crippen LogP contribution in [0.4, 0.5) is 15.2 Å². The highest BCUT2D eigenvalue weighted by Crippen LogP contribution is 2.29. The lowest BCUT2D eigenvalue weighted by Gasteiger charge is -2.03. The summed E-state index contributed by atoms with van der Waals surface area (Å²) in [7, 11) is 0. The molecule has 4 aromatic rings. The standard InChI is InChI=1S/C16H10FN3S/c17-11-3-6-15-14(9-11)20-16(21-15)19-12-4-5-13-10(8-12)2-1-7-18-13/h1-9H,(H,19,20). The van der Waals surface area contributed by atoms with Crippen LogP contribution >= 0.6 is 11.3 Å². The molecule has 0 saturated carbocycles. The molecule has 0 aliphatic rings. The van der Waals surface area contributed by atoms with Crippen LogP contribution in [0, 0.1) is 5.82 Å². The van der Waals surface area contributed by atoms with Gasteiger partial charge < -0.3 is 5.32 Å². The number of anilines is 2. The number of hydrogen-bond donors (Lipinski definition) is 1. The molecule has 21 heavy (non-hydrogen) atoms. The highest BCUT2D eigenvalue weighted by molar-refractivity contribution is 7.22. The van der Waals surface area contributed by atoms with Gasteiger partial charge in [0.1, 0.15) is 5.82 Å². The number of halogens is 1. The summed E-state index contributed by atoms with van der Waals surface area (Å²) in [6, 6.07) is 14.5. The molecule has 0 radical (unpaired) electrons. The van der Waals surface area contributed by atoms with Gasteiger partial charge in [0.25, 0.3) is 0 Å². The first-order valence-electron chi connectivity index (χ1n) is 6.46. The zero-order chi connectivity index (χ0) is 14.2. The van der Waals surface area contributed by atoms with Gasteiger partial charge in [-0.25, -0.2) is 9.37 Å². The van der Waals surface area contributed by atoms with Crippen LogP contribution in [0.2, 0.25) is 0 Å². The minimum atomic E-state index is -0.267. The Morgan fingerprint density at radius 2 is 1.95 bits per heavy atom. The van der Waals surface area contributed by atoms with Crippen molar-refractivity contribution >= 4 is 43.3 Å². The van der Waals surface area contributed by atoms with E-state index in [1.54, 1.807) is 12.3 Å².